The minimum absolute atomic E-state index is 0.0299. The van der Waals surface area contributed by atoms with Crippen molar-refractivity contribution in [3.05, 3.63) is 11.8 Å². The van der Waals surface area contributed by atoms with Crippen LogP contribution in [-0.4, -0.2) is 55.0 Å². The van der Waals surface area contributed by atoms with Gasteiger partial charge in [0.15, 0.2) is 5.82 Å². The molecule has 118 valence electrons. The number of nitrogens with zero attached hydrogens (tertiary/aromatic N) is 2. The van der Waals surface area contributed by atoms with Gasteiger partial charge in [0, 0.05) is 32.2 Å². The van der Waals surface area contributed by atoms with Gasteiger partial charge < -0.3 is 14.6 Å². The topological polar surface area (TPSA) is 79.6 Å². The number of nitrogens with one attached hydrogen (secondary N) is 2. The molecular weight excluding hydrogens is 272 g/mol. The first-order valence-electron chi connectivity index (χ1n) is 7.35. The summed E-state index contributed by atoms with van der Waals surface area (Å²) in [5.41, 5.74) is 0. The lowest BCUT2D eigenvalue weighted by atomic mass is 10.2. The van der Waals surface area contributed by atoms with Gasteiger partial charge in [-0.05, 0) is 12.8 Å². The van der Waals surface area contributed by atoms with Crippen LogP contribution in [0, 0.1) is 12.8 Å². The number of carbonyl (C=O) groups is 1. The van der Waals surface area contributed by atoms with Crippen LogP contribution in [0.25, 0.3) is 0 Å². The first kappa shape index (κ1) is 15.8. The number of morpholine rings is 1. The fourth-order valence-electron chi connectivity index (χ4n) is 2.38. The van der Waals surface area contributed by atoms with Crippen molar-refractivity contribution < 1.29 is 14.1 Å². The molecule has 1 aromatic rings. The fourth-order valence-corrected chi connectivity index (χ4v) is 2.38. The molecular formula is C14H24N4O3. The number of amides is 2. The average molecular weight is 296 g/mol. The van der Waals surface area contributed by atoms with Gasteiger partial charge in [-0.15, -0.1) is 0 Å². The molecule has 2 N–H and O–H groups in total. The van der Waals surface area contributed by atoms with Crippen LogP contribution < -0.4 is 10.6 Å². The third-order valence-corrected chi connectivity index (χ3v) is 3.21. The van der Waals surface area contributed by atoms with Crippen LogP contribution in [0.1, 0.15) is 19.6 Å². The van der Waals surface area contributed by atoms with Crippen LogP contribution in [0.2, 0.25) is 0 Å². The van der Waals surface area contributed by atoms with Crippen molar-refractivity contribution in [3.8, 4) is 0 Å². The van der Waals surface area contributed by atoms with Crippen molar-refractivity contribution >= 4 is 11.8 Å². The normalized spacial score (nSPS) is 19.7. The monoisotopic (exact) mass is 296 g/mol. The maximum Gasteiger partial charge on any atom is 0.320 e. The van der Waals surface area contributed by atoms with Crippen molar-refractivity contribution in [3.63, 3.8) is 0 Å². The van der Waals surface area contributed by atoms with E-state index < -0.39 is 0 Å². The highest BCUT2D eigenvalue weighted by Crippen LogP contribution is 2.08. The van der Waals surface area contributed by atoms with E-state index in [0.29, 0.717) is 30.6 Å². The van der Waals surface area contributed by atoms with Crippen LogP contribution in [-0.2, 0) is 4.74 Å². The second kappa shape index (κ2) is 7.42. The molecule has 0 aliphatic carbocycles. The number of aromatic nitrogens is 1. The Balaban J connectivity index is 1.70. The van der Waals surface area contributed by atoms with Crippen molar-refractivity contribution in [1.82, 2.24) is 15.4 Å². The minimum Gasteiger partial charge on any atom is -0.374 e. The summed E-state index contributed by atoms with van der Waals surface area (Å²) in [6.45, 7) is 10.2. The van der Waals surface area contributed by atoms with Crippen LogP contribution >= 0.6 is 0 Å². The molecule has 1 aromatic heterocycles. The largest absolute Gasteiger partial charge is 0.374 e. The van der Waals surface area contributed by atoms with Gasteiger partial charge in [-0.25, -0.2) is 4.79 Å². The molecule has 2 rings (SSSR count). The third-order valence-electron chi connectivity index (χ3n) is 3.21. The van der Waals surface area contributed by atoms with Gasteiger partial charge in [-0.1, -0.05) is 19.0 Å². The van der Waals surface area contributed by atoms with E-state index in [2.05, 4.69) is 34.5 Å². The molecule has 0 unspecified atom stereocenters. The van der Waals surface area contributed by atoms with Crippen molar-refractivity contribution in [1.29, 1.82) is 0 Å². The lowest BCUT2D eigenvalue weighted by molar-refractivity contribution is -0.0288. The summed E-state index contributed by atoms with van der Waals surface area (Å²) in [5.74, 6) is 1.71. The summed E-state index contributed by atoms with van der Waals surface area (Å²) < 4.78 is 10.6. The summed E-state index contributed by atoms with van der Waals surface area (Å²) in [6, 6.07) is 1.37. The standard InChI is InChI=1S/C14H24N4O3/c1-10(2)8-18-4-5-20-12(9-18)7-15-14(19)16-13-6-11(3)21-17-13/h6,10,12H,4-5,7-9H2,1-3H3,(H2,15,16,17,19)/t12-/m1/s1. The SMILES string of the molecule is Cc1cc(NC(=O)NC[C@@H]2CN(CC(C)C)CCO2)no1. The Morgan fingerprint density at radius 3 is 3.05 bits per heavy atom. The highest BCUT2D eigenvalue weighted by Gasteiger charge is 2.21. The number of anilines is 1. The quantitative estimate of drug-likeness (QED) is 0.860. The maximum absolute atomic E-state index is 11.8. The molecule has 2 amide bonds. The molecule has 0 radical (unpaired) electrons. The zero-order valence-corrected chi connectivity index (χ0v) is 12.9. The first-order valence-corrected chi connectivity index (χ1v) is 7.35. The van der Waals surface area contributed by atoms with Gasteiger partial charge in [0.2, 0.25) is 0 Å². The third kappa shape index (κ3) is 5.35. The van der Waals surface area contributed by atoms with Gasteiger partial charge in [0.1, 0.15) is 5.76 Å². The van der Waals surface area contributed by atoms with Crippen LogP contribution in [0.3, 0.4) is 0 Å². The van der Waals surface area contributed by atoms with E-state index in [1.165, 1.54) is 0 Å². The summed E-state index contributed by atoms with van der Waals surface area (Å²) in [7, 11) is 0. The number of rotatable bonds is 5. The summed E-state index contributed by atoms with van der Waals surface area (Å²) >= 11 is 0. The van der Waals surface area contributed by atoms with Crippen molar-refractivity contribution in [2.45, 2.75) is 26.9 Å². The van der Waals surface area contributed by atoms with E-state index >= 15 is 0 Å². The average Bonchev–Trinajstić information content (AvgIpc) is 2.81. The van der Waals surface area contributed by atoms with Gasteiger partial charge >= 0.3 is 6.03 Å². The Kier molecular flexibility index (Phi) is 5.58. The predicted octanol–water partition coefficient (Wildman–Crippen LogP) is 1.46. The summed E-state index contributed by atoms with van der Waals surface area (Å²) in [5, 5.41) is 9.13. The van der Waals surface area contributed by atoms with Gasteiger partial charge in [0.25, 0.3) is 0 Å². The first-order chi connectivity index (χ1) is 10.0. The van der Waals surface area contributed by atoms with Crippen LogP contribution in [0.4, 0.5) is 10.6 Å². The molecule has 0 spiro atoms. The fraction of sp³-hybridized carbons (Fsp3) is 0.714. The highest BCUT2D eigenvalue weighted by atomic mass is 16.5. The molecule has 1 atom stereocenters. The molecule has 2 heterocycles. The number of aryl methyl sites for hydroxylation is 1. The molecule has 1 saturated heterocycles. The smallest absolute Gasteiger partial charge is 0.320 e. The van der Waals surface area contributed by atoms with Crippen LogP contribution in [0.5, 0.6) is 0 Å². The van der Waals surface area contributed by atoms with E-state index in [9.17, 15) is 4.79 Å². The second-order valence-corrected chi connectivity index (χ2v) is 5.80. The zero-order valence-electron chi connectivity index (χ0n) is 12.9. The Bertz CT molecular complexity index is 461. The van der Waals surface area contributed by atoms with Gasteiger partial charge in [-0.2, -0.15) is 0 Å². The number of ether oxygens (including phenoxy) is 1. The lowest BCUT2D eigenvalue weighted by Gasteiger charge is -2.33. The van der Waals surface area contributed by atoms with E-state index in [4.69, 9.17) is 9.26 Å². The van der Waals surface area contributed by atoms with E-state index in [1.54, 1.807) is 13.0 Å². The number of urea groups is 1. The number of carbonyl (C=O) groups excluding carboxylic acids is 1. The second-order valence-electron chi connectivity index (χ2n) is 5.80. The number of hydrogen-bond acceptors (Lipinski definition) is 5. The minimum atomic E-state index is -0.298. The van der Waals surface area contributed by atoms with Crippen molar-refractivity contribution in [2.24, 2.45) is 5.92 Å². The molecule has 0 bridgehead atoms. The lowest BCUT2D eigenvalue weighted by Crippen LogP contribution is -2.48. The Labute approximate surface area is 125 Å². The molecule has 1 fully saturated rings. The molecule has 0 saturated carbocycles. The Morgan fingerprint density at radius 1 is 1.57 bits per heavy atom. The van der Waals surface area contributed by atoms with E-state index in [1.807, 2.05) is 0 Å². The summed E-state index contributed by atoms with van der Waals surface area (Å²) in [6.07, 6.45) is 0.0299. The summed E-state index contributed by atoms with van der Waals surface area (Å²) in [4.78, 5) is 14.1. The number of hydrogen-bond donors (Lipinski definition) is 2. The van der Waals surface area contributed by atoms with E-state index in [-0.39, 0.29) is 12.1 Å². The van der Waals surface area contributed by atoms with Crippen LogP contribution in [0.15, 0.2) is 10.6 Å². The predicted molar refractivity (Wildman–Crippen MR) is 79.3 cm³/mol. The molecule has 1 aliphatic rings. The molecule has 21 heavy (non-hydrogen) atoms. The molecule has 7 nitrogen and oxygen atoms in total. The molecule has 1 aliphatic heterocycles. The Morgan fingerprint density at radius 2 is 2.38 bits per heavy atom. The zero-order chi connectivity index (χ0) is 15.2. The van der Waals surface area contributed by atoms with E-state index in [0.717, 1.165) is 19.6 Å². The highest BCUT2D eigenvalue weighted by molar-refractivity contribution is 5.88. The van der Waals surface area contributed by atoms with Gasteiger partial charge in [0.05, 0.1) is 12.7 Å². The van der Waals surface area contributed by atoms with Gasteiger partial charge in [-0.3, -0.25) is 10.2 Å². The van der Waals surface area contributed by atoms with Crippen molar-refractivity contribution in [2.75, 3.05) is 38.1 Å². The molecule has 7 heteroatoms. The molecule has 0 aromatic carbocycles. The maximum atomic E-state index is 11.8. The Hall–Kier alpha value is -1.60.